The summed E-state index contributed by atoms with van der Waals surface area (Å²) in [5, 5.41) is 11.3. The molecule has 2 atom stereocenters. The van der Waals surface area contributed by atoms with Gasteiger partial charge < -0.3 is 9.84 Å². The number of halogens is 1. The Morgan fingerprint density at radius 3 is 2.44 bits per heavy atom. The predicted octanol–water partition coefficient (Wildman–Crippen LogP) is 3.39. The van der Waals surface area contributed by atoms with Gasteiger partial charge in [-0.1, -0.05) is 42.5 Å². The topological polar surface area (TPSA) is 32.7 Å². The number of hydrogen-bond donors (Lipinski definition) is 1. The lowest BCUT2D eigenvalue weighted by Crippen LogP contribution is -2.60. The fraction of sp³-hybridized carbons (Fsp3) is 0.429. The summed E-state index contributed by atoms with van der Waals surface area (Å²) in [6.07, 6.45) is 0.993. The third-order valence-corrected chi connectivity index (χ3v) is 5.54. The molecule has 4 rings (SSSR count). The van der Waals surface area contributed by atoms with Crippen molar-refractivity contribution in [3.05, 3.63) is 71.0 Å². The van der Waals surface area contributed by atoms with E-state index in [0.717, 1.165) is 12.1 Å². The van der Waals surface area contributed by atoms with E-state index in [2.05, 4.69) is 17.0 Å². The molecule has 4 heteroatoms. The van der Waals surface area contributed by atoms with E-state index in [0.29, 0.717) is 31.6 Å². The highest BCUT2D eigenvalue weighted by atomic mass is 19.1. The molecule has 2 unspecified atom stereocenters. The van der Waals surface area contributed by atoms with Gasteiger partial charge in [0.1, 0.15) is 5.82 Å². The first-order valence-electron chi connectivity index (χ1n) is 8.91. The van der Waals surface area contributed by atoms with Crippen LogP contribution in [0.1, 0.15) is 29.5 Å². The van der Waals surface area contributed by atoms with Crippen molar-refractivity contribution in [3.63, 3.8) is 0 Å². The summed E-state index contributed by atoms with van der Waals surface area (Å²) in [5.41, 5.74) is 1.43. The number of benzene rings is 2. The van der Waals surface area contributed by atoms with Crippen LogP contribution in [0.15, 0.2) is 48.5 Å². The summed E-state index contributed by atoms with van der Waals surface area (Å²) < 4.78 is 20.2. The zero-order valence-electron chi connectivity index (χ0n) is 14.5. The van der Waals surface area contributed by atoms with Crippen LogP contribution >= 0.6 is 0 Å². The summed E-state index contributed by atoms with van der Waals surface area (Å²) in [7, 11) is 0. The number of nitrogens with zero attached hydrogens (tertiary/aromatic N) is 1. The molecule has 0 spiro atoms. The maximum absolute atomic E-state index is 14.5. The van der Waals surface area contributed by atoms with Crippen molar-refractivity contribution in [3.8, 4) is 0 Å². The van der Waals surface area contributed by atoms with E-state index in [-0.39, 0.29) is 17.9 Å². The molecule has 132 valence electrons. The quantitative estimate of drug-likeness (QED) is 0.929. The number of piperidine rings is 1. The number of hydrogen-bond acceptors (Lipinski definition) is 3. The minimum Gasteiger partial charge on any atom is -0.385 e. The summed E-state index contributed by atoms with van der Waals surface area (Å²) in [6.45, 7) is 3.87. The molecule has 0 amide bonds. The van der Waals surface area contributed by atoms with Crippen LogP contribution in [0, 0.1) is 12.7 Å². The van der Waals surface area contributed by atoms with Crippen LogP contribution in [0.3, 0.4) is 0 Å². The number of morpholine rings is 1. The van der Waals surface area contributed by atoms with E-state index >= 15 is 0 Å². The van der Waals surface area contributed by atoms with Gasteiger partial charge in [-0.2, -0.15) is 0 Å². The van der Waals surface area contributed by atoms with Gasteiger partial charge in [0, 0.05) is 24.2 Å². The minimum atomic E-state index is -1.12. The predicted molar refractivity (Wildman–Crippen MR) is 94.6 cm³/mol. The van der Waals surface area contributed by atoms with Gasteiger partial charge in [0.05, 0.1) is 18.8 Å². The molecule has 25 heavy (non-hydrogen) atoms. The van der Waals surface area contributed by atoms with Gasteiger partial charge in [-0.15, -0.1) is 0 Å². The summed E-state index contributed by atoms with van der Waals surface area (Å²) in [4.78, 5) is 2.42. The Morgan fingerprint density at radius 1 is 1.12 bits per heavy atom. The van der Waals surface area contributed by atoms with Crippen LogP contribution < -0.4 is 0 Å². The normalized spacial score (nSPS) is 29.6. The molecule has 1 N–H and O–H groups in total. The standard InChI is InChI=1S/C21H24FNO2/c1-15-7-8-19(20(22)9-15)21(24)10-17-13-25-14-18(11-21)23(17)12-16-5-3-2-4-6-16/h2-9,17-18,24H,10-14H2,1H3. The lowest BCUT2D eigenvalue weighted by atomic mass is 9.76. The molecule has 3 nitrogen and oxygen atoms in total. The molecule has 0 aliphatic carbocycles. The molecule has 2 aliphatic rings. The average Bonchev–Trinajstić information content (AvgIpc) is 2.57. The molecule has 2 saturated heterocycles. The highest BCUT2D eigenvalue weighted by Gasteiger charge is 2.47. The Bertz CT molecular complexity index is 735. The molecule has 2 aromatic carbocycles. The van der Waals surface area contributed by atoms with Crippen molar-refractivity contribution in [2.24, 2.45) is 0 Å². The molecule has 0 saturated carbocycles. The van der Waals surface area contributed by atoms with Crippen molar-refractivity contribution < 1.29 is 14.2 Å². The van der Waals surface area contributed by atoms with Crippen molar-refractivity contribution in [2.75, 3.05) is 13.2 Å². The minimum absolute atomic E-state index is 0.0957. The Morgan fingerprint density at radius 2 is 1.80 bits per heavy atom. The van der Waals surface area contributed by atoms with E-state index in [1.165, 1.54) is 11.6 Å². The molecule has 2 heterocycles. The molecule has 2 aliphatic heterocycles. The first-order valence-corrected chi connectivity index (χ1v) is 8.91. The first-order chi connectivity index (χ1) is 12.0. The van der Waals surface area contributed by atoms with Crippen LogP contribution in [0.2, 0.25) is 0 Å². The molecule has 2 fully saturated rings. The van der Waals surface area contributed by atoms with E-state index in [9.17, 15) is 9.50 Å². The van der Waals surface area contributed by atoms with E-state index < -0.39 is 5.60 Å². The Kier molecular flexibility index (Phi) is 4.36. The maximum atomic E-state index is 14.5. The van der Waals surface area contributed by atoms with Crippen LogP contribution in [-0.2, 0) is 16.9 Å². The zero-order chi connectivity index (χ0) is 17.4. The van der Waals surface area contributed by atoms with Gasteiger partial charge in [0.15, 0.2) is 0 Å². The highest BCUT2D eigenvalue weighted by molar-refractivity contribution is 5.30. The third kappa shape index (κ3) is 3.22. The molecular formula is C21H24FNO2. The van der Waals surface area contributed by atoms with Crippen LogP contribution in [-0.4, -0.2) is 35.3 Å². The van der Waals surface area contributed by atoms with Crippen LogP contribution in [0.4, 0.5) is 4.39 Å². The lowest BCUT2D eigenvalue weighted by Gasteiger charge is -2.52. The van der Waals surface area contributed by atoms with Crippen molar-refractivity contribution in [1.82, 2.24) is 4.90 Å². The lowest BCUT2D eigenvalue weighted by molar-refractivity contribution is -0.150. The second kappa shape index (κ2) is 6.52. The smallest absolute Gasteiger partial charge is 0.129 e. The van der Waals surface area contributed by atoms with Gasteiger partial charge in [0.2, 0.25) is 0 Å². The van der Waals surface area contributed by atoms with Crippen LogP contribution in [0.5, 0.6) is 0 Å². The fourth-order valence-corrected chi connectivity index (χ4v) is 4.31. The molecule has 0 aromatic heterocycles. The number of fused-ring (bicyclic) bond motifs is 2. The molecule has 0 radical (unpaired) electrons. The third-order valence-electron chi connectivity index (χ3n) is 5.54. The number of rotatable bonds is 3. The van der Waals surface area contributed by atoms with Gasteiger partial charge in [0.25, 0.3) is 0 Å². The van der Waals surface area contributed by atoms with Crippen molar-refractivity contribution in [2.45, 2.75) is 44.0 Å². The maximum Gasteiger partial charge on any atom is 0.129 e. The SMILES string of the molecule is Cc1ccc(C2(O)CC3COCC(C2)N3Cc2ccccc2)c(F)c1. The number of aliphatic hydroxyl groups is 1. The summed E-state index contributed by atoms with van der Waals surface area (Å²) >= 11 is 0. The van der Waals surface area contributed by atoms with Gasteiger partial charge >= 0.3 is 0 Å². The second-order valence-electron chi connectivity index (χ2n) is 7.43. The summed E-state index contributed by atoms with van der Waals surface area (Å²) in [6, 6.07) is 15.7. The fourth-order valence-electron chi connectivity index (χ4n) is 4.31. The Balaban J connectivity index is 1.60. The van der Waals surface area contributed by atoms with E-state index in [1.807, 2.05) is 31.2 Å². The van der Waals surface area contributed by atoms with Crippen LogP contribution in [0.25, 0.3) is 0 Å². The Labute approximate surface area is 148 Å². The van der Waals surface area contributed by atoms with E-state index in [4.69, 9.17) is 4.74 Å². The Hall–Kier alpha value is -1.75. The van der Waals surface area contributed by atoms with E-state index in [1.54, 1.807) is 6.07 Å². The highest BCUT2D eigenvalue weighted by Crippen LogP contribution is 2.42. The monoisotopic (exact) mass is 341 g/mol. The van der Waals surface area contributed by atoms with Gasteiger partial charge in [-0.3, -0.25) is 4.90 Å². The molecule has 2 bridgehead atoms. The summed E-state index contributed by atoms with van der Waals surface area (Å²) in [5.74, 6) is -0.307. The largest absolute Gasteiger partial charge is 0.385 e. The van der Waals surface area contributed by atoms with Gasteiger partial charge in [-0.25, -0.2) is 4.39 Å². The number of ether oxygens (including phenoxy) is 1. The number of aryl methyl sites for hydroxylation is 1. The average molecular weight is 341 g/mol. The molecule has 2 aromatic rings. The zero-order valence-corrected chi connectivity index (χ0v) is 14.5. The van der Waals surface area contributed by atoms with Gasteiger partial charge in [-0.05, 0) is 37.0 Å². The second-order valence-corrected chi connectivity index (χ2v) is 7.43. The van der Waals surface area contributed by atoms with Crippen molar-refractivity contribution in [1.29, 1.82) is 0 Å². The molecular weight excluding hydrogens is 317 g/mol. The van der Waals surface area contributed by atoms with Crippen molar-refractivity contribution >= 4 is 0 Å². The first kappa shape index (κ1) is 16.7.